The molecule has 0 saturated carbocycles. The first-order chi connectivity index (χ1) is 23.2. The number of carbonyl (C=O) groups excluding carboxylic acids is 4. The minimum atomic E-state index is -1.40. The molecule has 1 aliphatic heterocycles. The van der Waals surface area contributed by atoms with Gasteiger partial charge in [0.2, 0.25) is 5.16 Å². The topological polar surface area (TPSA) is 192 Å². The van der Waals surface area contributed by atoms with Gasteiger partial charge in [0.05, 0.1) is 17.6 Å². The minimum absolute atomic E-state index is 0.0467. The van der Waals surface area contributed by atoms with Crippen LogP contribution >= 0.6 is 11.8 Å². The first kappa shape index (κ1) is 36.9. The van der Waals surface area contributed by atoms with Crippen molar-refractivity contribution in [3.05, 3.63) is 63.8 Å². The average Bonchev–Trinajstić information content (AvgIpc) is 3.42. The first-order valence-electron chi connectivity index (χ1n) is 15.3. The lowest BCUT2D eigenvalue weighted by atomic mass is 9.99. The number of hydrogen-bond donors (Lipinski definition) is 0. The fourth-order valence-electron chi connectivity index (χ4n) is 4.91. The van der Waals surface area contributed by atoms with E-state index in [0.717, 1.165) is 48.6 Å². The van der Waals surface area contributed by atoms with Gasteiger partial charge in [-0.2, -0.15) is 14.9 Å². The number of ether oxygens (including phenoxy) is 5. The summed E-state index contributed by atoms with van der Waals surface area (Å²) in [4.78, 5) is 61.7. The Balaban J connectivity index is 1.77. The molecule has 49 heavy (non-hydrogen) atoms. The number of para-hydroxylation sites is 1. The van der Waals surface area contributed by atoms with Crippen molar-refractivity contribution in [2.45, 2.75) is 89.9 Å². The number of carbonyl (C=O) groups is 4. The molecule has 0 spiro atoms. The Morgan fingerprint density at radius 2 is 1.57 bits per heavy atom. The van der Waals surface area contributed by atoms with Crippen molar-refractivity contribution >= 4 is 41.9 Å². The van der Waals surface area contributed by atoms with Gasteiger partial charge < -0.3 is 23.7 Å². The maximum atomic E-state index is 13.4. The number of rotatable bonds is 12. The van der Waals surface area contributed by atoms with Crippen molar-refractivity contribution in [1.29, 1.82) is 0 Å². The van der Waals surface area contributed by atoms with Gasteiger partial charge in [0.15, 0.2) is 23.7 Å². The molecule has 1 aromatic carbocycles. The summed E-state index contributed by atoms with van der Waals surface area (Å²) in [6.45, 7) is 9.75. The van der Waals surface area contributed by atoms with Crippen molar-refractivity contribution in [2.24, 2.45) is 11.0 Å². The van der Waals surface area contributed by atoms with Crippen molar-refractivity contribution in [2.75, 3.05) is 6.61 Å². The van der Waals surface area contributed by atoms with Crippen LogP contribution in [0.25, 0.3) is 5.69 Å². The molecular formula is C32H38N6O10S. The van der Waals surface area contributed by atoms with E-state index in [1.807, 2.05) is 30.3 Å². The molecule has 0 N–H and O–H groups in total. The summed E-state index contributed by atoms with van der Waals surface area (Å²) in [5.74, 6) is -2.68. The third-order valence-corrected chi connectivity index (χ3v) is 7.97. The minimum Gasteiger partial charge on any atom is -0.463 e. The second kappa shape index (κ2) is 16.5. The molecule has 1 saturated heterocycles. The molecule has 3 aromatic rings. The van der Waals surface area contributed by atoms with Crippen LogP contribution in [-0.4, -0.2) is 91.2 Å². The predicted molar refractivity (Wildman–Crippen MR) is 174 cm³/mol. The molecule has 1 fully saturated rings. The van der Waals surface area contributed by atoms with Crippen LogP contribution in [0, 0.1) is 12.8 Å². The zero-order chi connectivity index (χ0) is 35.8. The zero-order valence-corrected chi connectivity index (χ0v) is 28.9. The summed E-state index contributed by atoms with van der Waals surface area (Å²) >= 11 is 0.789. The molecule has 1 aliphatic rings. The van der Waals surface area contributed by atoms with E-state index in [1.54, 1.807) is 10.9 Å². The third kappa shape index (κ3) is 9.82. The van der Waals surface area contributed by atoms with Crippen molar-refractivity contribution in [3.63, 3.8) is 0 Å². The lowest BCUT2D eigenvalue weighted by Crippen LogP contribution is -2.61. The third-order valence-electron chi connectivity index (χ3n) is 6.90. The molecule has 3 heterocycles. The maximum absolute atomic E-state index is 13.4. The van der Waals surface area contributed by atoms with E-state index in [-0.39, 0.29) is 16.8 Å². The molecule has 4 rings (SSSR count). The second-order valence-corrected chi connectivity index (χ2v) is 12.6. The van der Waals surface area contributed by atoms with E-state index >= 15 is 0 Å². The maximum Gasteiger partial charge on any atom is 0.303 e. The lowest BCUT2D eigenvalue weighted by molar-refractivity contribution is -0.237. The molecule has 0 unspecified atom stereocenters. The van der Waals surface area contributed by atoms with Gasteiger partial charge in [-0.25, -0.2) is 4.68 Å². The summed E-state index contributed by atoms with van der Waals surface area (Å²) in [5.41, 5.74) is 0.442. The van der Waals surface area contributed by atoms with Crippen LogP contribution in [-0.2, 0) is 49.3 Å². The van der Waals surface area contributed by atoms with E-state index in [1.165, 1.54) is 20.1 Å². The Labute approximate surface area is 286 Å². The number of esters is 4. The van der Waals surface area contributed by atoms with Crippen molar-refractivity contribution in [1.82, 2.24) is 24.7 Å². The van der Waals surface area contributed by atoms with Crippen LogP contribution < -0.4 is 5.56 Å². The summed E-state index contributed by atoms with van der Waals surface area (Å²) < 4.78 is 30.6. The summed E-state index contributed by atoms with van der Waals surface area (Å²) in [7, 11) is 0. The van der Waals surface area contributed by atoms with Crippen LogP contribution in [0.5, 0.6) is 0 Å². The van der Waals surface area contributed by atoms with E-state index < -0.39 is 65.9 Å². The lowest BCUT2D eigenvalue weighted by Gasteiger charge is -2.43. The predicted octanol–water partition coefficient (Wildman–Crippen LogP) is 2.39. The number of aryl methyl sites for hydroxylation is 1. The molecule has 0 bridgehead atoms. The van der Waals surface area contributed by atoms with Gasteiger partial charge in [-0.05, 0) is 43.2 Å². The Kier molecular flexibility index (Phi) is 12.4. The Morgan fingerprint density at radius 3 is 2.18 bits per heavy atom. The van der Waals surface area contributed by atoms with E-state index in [0.29, 0.717) is 12.0 Å². The number of benzene rings is 1. The largest absolute Gasteiger partial charge is 0.463 e. The van der Waals surface area contributed by atoms with E-state index in [2.05, 4.69) is 29.1 Å². The monoisotopic (exact) mass is 698 g/mol. The number of hydrogen-bond acceptors (Lipinski definition) is 15. The summed E-state index contributed by atoms with van der Waals surface area (Å²) in [6.07, 6.45) is -1.39. The molecule has 262 valence electrons. The zero-order valence-electron chi connectivity index (χ0n) is 28.1. The van der Waals surface area contributed by atoms with Crippen LogP contribution in [0.15, 0.2) is 51.6 Å². The molecule has 2 aromatic heterocycles. The summed E-state index contributed by atoms with van der Waals surface area (Å²) in [6, 6.07) is 9.52. The van der Waals surface area contributed by atoms with Crippen molar-refractivity contribution < 1.29 is 42.9 Å². The molecule has 0 radical (unpaired) electrons. The van der Waals surface area contributed by atoms with Gasteiger partial charge in [0, 0.05) is 39.5 Å². The molecule has 0 amide bonds. The average molecular weight is 699 g/mol. The molecule has 0 aliphatic carbocycles. The second-order valence-electron chi connectivity index (χ2n) is 11.5. The van der Waals surface area contributed by atoms with Gasteiger partial charge in [0.1, 0.15) is 18.4 Å². The van der Waals surface area contributed by atoms with Gasteiger partial charge in [-0.3, -0.25) is 24.0 Å². The fraction of sp³-hybridized carbons (Fsp3) is 0.469. The van der Waals surface area contributed by atoms with Gasteiger partial charge in [0.25, 0.3) is 5.56 Å². The van der Waals surface area contributed by atoms with Gasteiger partial charge >= 0.3 is 23.9 Å². The Morgan fingerprint density at radius 1 is 0.939 bits per heavy atom. The normalized spacial score (nSPS) is 20.6. The van der Waals surface area contributed by atoms with Crippen LogP contribution in [0.3, 0.4) is 0 Å². The fourth-order valence-corrected chi connectivity index (χ4v) is 5.98. The van der Waals surface area contributed by atoms with Crippen LogP contribution in [0.4, 0.5) is 0 Å². The highest BCUT2D eigenvalue weighted by Crippen LogP contribution is 2.36. The number of nitrogens with zero attached hydrogens (tertiary/aromatic N) is 6. The Hall–Kier alpha value is -4.90. The molecule has 5 atom stereocenters. The highest BCUT2D eigenvalue weighted by Gasteiger charge is 2.53. The number of thioether (sulfide) groups is 1. The SMILES string of the molecule is CC(=O)OC[C@H]1O[C@@H](Sc2nnc(C)c(=O)n2/N=C\c2cn(-c3ccccc3)nc2CC(C)C)[C@H](OC(C)=O)[C@@H](OC(C)=O)[C@@H]1OC(C)=O. The quantitative estimate of drug-likeness (QED) is 0.152. The molecule has 16 nitrogen and oxygen atoms in total. The molecular weight excluding hydrogens is 660 g/mol. The summed E-state index contributed by atoms with van der Waals surface area (Å²) in [5, 5.41) is 17.3. The van der Waals surface area contributed by atoms with Gasteiger partial charge in [-0.15, -0.1) is 10.2 Å². The first-order valence-corrected chi connectivity index (χ1v) is 16.2. The van der Waals surface area contributed by atoms with E-state index in [9.17, 15) is 24.0 Å². The Bertz CT molecular complexity index is 1760. The highest BCUT2D eigenvalue weighted by molar-refractivity contribution is 7.99. The van der Waals surface area contributed by atoms with Gasteiger partial charge in [-0.1, -0.05) is 32.0 Å². The number of aromatic nitrogens is 5. The van der Waals surface area contributed by atoms with E-state index in [4.69, 9.17) is 28.8 Å². The van der Waals surface area contributed by atoms with Crippen molar-refractivity contribution in [3.8, 4) is 5.69 Å². The molecule has 17 heteroatoms. The smallest absolute Gasteiger partial charge is 0.303 e. The highest BCUT2D eigenvalue weighted by atomic mass is 32.2. The van der Waals surface area contributed by atoms with Crippen LogP contribution in [0.1, 0.15) is 58.5 Å². The van der Waals surface area contributed by atoms with Crippen LogP contribution in [0.2, 0.25) is 0 Å². The standard InChI is InChI=1S/C32H38N6O10S/c1-17(2)13-25-23(15-37(36-25)24-11-9-8-10-12-24)14-33-38-30(43)18(3)34-35-32(38)49-31-29(47-22(7)42)28(46-21(6)41)27(45-20(5)40)26(48-31)16-44-19(4)39/h8-12,14-15,17,26-29,31H,13,16H2,1-7H3/b33-14-/t26-,27-,28+,29-,31+/m1/s1.